The maximum absolute atomic E-state index is 15.7. The van der Waals surface area contributed by atoms with Gasteiger partial charge >= 0.3 is 0 Å². The number of aromatic amines is 1. The van der Waals surface area contributed by atoms with Gasteiger partial charge in [0.25, 0.3) is 0 Å². The number of carbonyl (C=O) groups excluding carboxylic acids is 1. The Labute approximate surface area is 212 Å². The van der Waals surface area contributed by atoms with Gasteiger partial charge in [0.05, 0.1) is 23.9 Å². The van der Waals surface area contributed by atoms with Crippen molar-refractivity contribution in [2.45, 2.75) is 32.3 Å². The van der Waals surface area contributed by atoms with Crippen LogP contribution in [0.4, 0.5) is 4.39 Å². The van der Waals surface area contributed by atoms with Crippen LogP contribution in [0.2, 0.25) is 0 Å². The van der Waals surface area contributed by atoms with Gasteiger partial charge in [-0.2, -0.15) is 0 Å². The number of hydrogen-bond donors (Lipinski definition) is 2. The zero-order chi connectivity index (χ0) is 25.2. The zero-order valence-electron chi connectivity index (χ0n) is 20.0. The lowest BCUT2D eigenvalue weighted by Crippen LogP contribution is -2.34. The van der Waals surface area contributed by atoms with E-state index < -0.39 is 5.82 Å². The molecule has 2 N–H and O–H groups in total. The Morgan fingerprint density at radius 1 is 1.17 bits per heavy atom. The number of hydrogen-bond acceptors (Lipinski definition) is 7. The molecular formula is C26H26ClFN4O4. The number of benzene rings is 2. The molecule has 0 spiro atoms. The molecule has 0 amide bonds. The Morgan fingerprint density at radius 3 is 2.72 bits per heavy atom. The van der Waals surface area contributed by atoms with Crippen LogP contribution in [0.5, 0.6) is 23.1 Å². The minimum Gasteiger partial charge on any atom is -0.493 e. The monoisotopic (exact) mass is 512 g/mol. The normalized spacial score (nSPS) is 14.3. The second kappa shape index (κ2) is 10.3. The number of aryl methyl sites for hydroxylation is 1. The number of piperidine rings is 1. The summed E-state index contributed by atoms with van der Waals surface area (Å²) < 4.78 is 33.4. The Balaban J connectivity index is 1.51. The largest absolute Gasteiger partial charge is 0.493 e. The van der Waals surface area contributed by atoms with Crippen molar-refractivity contribution in [3.63, 3.8) is 0 Å². The SMILES string of the molecule is COc1cc2c(Oc3ccc4[nH]c(C)c(CC(=O)CCl)c4c3F)ncnc2cc1OC1CCNCC1. The van der Waals surface area contributed by atoms with Gasteiger partial charge in [-0.3, -0.25) is 4.79 Å². The third-order valence-electron chi connectivity index (χ3n) is 6.38. The third kappa shape index (κ3) is 4.68. The second-order valence-corrected chi connectivity index (χ2v) is 9.01. The summed E-state index contributed by atoms with van der Waals surface area (Å²) in [6.45, 7) is 3.60. The van der Waals surface area contributed by atoms with Crippen molar-refractivity contribution in [3.8, 4) is 23.1 Å². The molecule has 36 heavy (non-hydrogen) atoms. The minimum absolute atomic E-state index is 0.0185. The van der Waals surface area contributed by atoms with Crippen molar-refractivity contribution in [1.82, 2.24) is 20.3 Å². The maximum atomic E-state index is 15.7. The highest BCUT2D eigenvalue weighted by Gasteiger charge is 2.22. The summed E-state index contributed by atoms with van der Waals surface area (Å²) in [5, 5.41) is 4.17. The first-order valence-electron chi connectivity index (χ1n) is 11.7. The molecule has 3 heterocycles. The molecule has 8 nitrogen and oxygen atoms in total. The molecule has 5 rings (SSSR count). The summed E-state index contributed by atoms with van der Waals surface area (Å²) in [4.78, 5) is 23.7. The fourth-order valence-corrected chi connectivity index (χ4v) is 4.63. The minimum atomic E-state index is -0.584. The number of methoxy groups -OCH3 is 1. The molecule has 2 aromatic carbocycles. The lowest BCUT2D eigenvalue weighted by atomic mass is 10.0. The molecule has 1 aliphatic heterocycles. The molecule has 10 heteroatoms. The van der Waals surface area contributed by atoms with Crippen molar-refractivity contribution in [1.29, 1.82) is 0 Å². The smallest absolute Gasteiger partial charge is 0.230 e. The van der Waals surface area contributed by atoms with Crippen LogP contribution < -0.4 is 19.5 Å². The van der Waals surface area contributed by atoms with Gasteiger partial charge in [0.1, 0.15) is 12.4 Å². The van der Waals surface area contributed by atoms with Crippen molar-refractivity contribution in [2.75, 3.05) is 26.1 Å². The number of rotatable bonds is 8. The van der Waals surface area contributed by atoms with E-state index >= 15 is 4.39 Å². The first-order valence-corrected chi connectivity index (χ1v) is 12.3. The van der Waals surface area contributed by atoms with E-state index in [4.69, 9.17) is 25.8 Å². The average Bonchev–Trinajstić information content (AvgIpc) is 3.21. The van der Waals surface area contributed by atoms with Crippen LogP contribution in [0.15, 0.2) is 30.6 Å². The zero-order valence-corrected chi connectivity index (χ0v) is 20.7. The number of halogens is 2. The van der Waals surface area contributed by atoms with Gasteiger partial charge in [-0.1, -0.05) is 0 Å². The van der Waals surface area contributed by atoms with E-state index in [0.29, 0.717) is 44.6 Å². The van der Waals surface area contributed by atoms with E-state index in [1.807, 2.05) is 0 Å². The van der Waals surface area contributed by atoms with Gasteiger partial charge in [0, 0.05) is 29.1 Å². The summed E-state index contributed by atoms with van der Waals surface area (Å²) in [6, 6.07) is 6.77. The van der Waals surface area contributed by atoms with E-state index in [9.17, 15) is 4.79 Å². The quantitative estimate of drug-likeness (QED) is 0.326. The van der Waals surface area contributed by atoms with Crippen molar-refractivity contribution < 1.29 is 23.4 Å². The lowest BCUT2D eigenvalue weighted by Gasteiger charge is -2.24. The molecule has 1 fully saturated rings. The van der Waals surface area contributed by atoms with E-state index in [1.54, 1.807) is 32.2 Å². The highest BCUT2D eigenvalue weighted by atomic mass is 35.5. The second-order valence-electron chi connectivity index (χ2n) is 8.75. The maximum Gasteiger partial charge on any atom is 0.230 e. The number of Topliss-reactive ketones (excluding diaryl/α,β-unsaturated/α-hetero) is 1. The van der Waals surface area contributed by atoms with Crippen LogP contribution in [0.25, 0.3) is 21.8 Å². The highest BCUT2D eigenvalue weighted by molar-refractivity contribution is 6.27. The number of nitrogens with zero attached hydrogens (tertiary/aromatic N) is 2. The highest BCUT2D eigenvalue weighted by Crippen LogP contribution is 2.39. The lowest BCUT2D eigenvalue weighted by molar-refractivity contribution is -0.116. The van der Waals surface area contributed by atoms with E-state index in [0.717, 1.165) is 25.9 Å². The summed E-state index contributed by atoms with van der Waals surface area (Å²) in [7, 11) is 1.56. The number of alkyl halides is 1. The number of ether oxygens (including phenoxy) is 3. The molecule has 0 radical (unpaired) electrons. The number of fused-ring (bicyclic) bond motifs is 2. The van der Waals surface area contributed by atoms with Crippen molar-refractivity contribution in [2.24, 2.45) is 0 Å². The van der Waals surface area contributed by atoms with Gasteiger partial charge in [0.15, 0.2) is 28.8 Å². The van der Waals surface area contributed by atoms with Gasteiger partial charge < -0.3 is 24.5 Å². The third-order valence-corrected chi connectivity index (χ3v) is 6.67. The van der Waals surface area contributed by atoms with Crippen LogP contribution in [0.1, 0.15) is 24.1 Å². The number of aromatic nitrogens is 3. The molecule has 1 saturated heterocycles. The van der Waals surface area contributed by atoms with Crippen LogP contribution >= 0.6 is 11.6 Å². The van der Waals surface area contributed by atoms with E-state index in [-0.39, 0.29) is 35.8 Å². The molecular weight excluding hydrogens is 487 g/mol. The molecule has 1 aliphatic rings. The molecule has 2 aromatic heterocycles. The number of H-pyrrole nitrogens is 1. The summed E-state index contributed by atoms with van der Waals surface area (Å²) in [5.74, 6) is 0.347. The first kappa shape index (κ1) is 24.3. The van der Waals surface area contributed by atoms with E-state index in [1.165, 1.54) is 12.4 Å². The molecule has 4 aromatic rings. The van der Waals surface area contributed by atoms with Crippen LogP contribution in [-0.2, 0) is 11.2 Å². The molecule has 188 valence electrons. The molecule has 0 aliphatic carbocycles. The predicted octanol–water partition coefficient (Wildman–Crippen LogP) is 4.84. The van der Waals surface area contributed by atoms with Crippen LogP contribution in [0.3, 0.4) is 0 Å². The van der Waals surface area contributed by atoms with E-state index in [2.05, 4.69) is 20.3 Å². The van der Waals surface area contributed by atoms with Crippen LogP contribution in [-0.4, -0.2) is 52.9 Å². The number of carbonyl (C=O) groups is 1. The standard InChI is InChI=1S/C26H26ClFN4O4/c1-14-17(9-15(33)12-27)24-19(32-14)3-4-21(25(24)28)36-26-18-10-22(34-2)23(11-20(18)30-13-31-26)35-16-5-7-29-8-6-16/h3-4,10-11,13,16,29,32H,5-9,12H2,1-2H3. The molecule has 0 bridgehead atoms. The molecule has 0 saturated carbocycles. The topological polar surface area (TPSA) is 98.4 Å². The van der Waals surface area contributed by atoms with Crippen molar-refractivity contribution >= 4 is 39.2 Å². The fourth-order valence-electron chi connectivity index (χ4n) is 4.54. The Morgan fingerprint density at radius 2 is 1.97 bits per heavy atom. The Hall–Kier alpha value is -3.43. The summed E-state index contributed by atoms with van der Waals surface area (Å²) in [6.07, 6.45) is 3.28. The average molecular weight is 513 g/mol. The Bertz CT molecular complexity index is 1440. The van der Waals surface area contributed by atoms with Gasteiger partial charge in [-0.05, 0) is 56.6 Å². The first-order chi connectivity index (χ1) is 17.5. The summed E-state index contributed by atoms with van der Waals surface area (Å²) in [5.41, 5.74) is 2.42. The summed E-state index contributed by atoms with van der Waals surface area (Å²) >= 11 is 5.68. The Kier molecular flexibility index (Phi) is 6.93. The van der Waals surface area contributed by atoms with Gasteiger partial charge in [0.2, 0.25) is 5.88 Å². The molecule has 0 atom stereocenters. The van der Waals surface area contributed by atoms with Crippen molar-refractivity contribution in [3.05, 3.63) is 47.7 Å². The van der Waals surface area contributed by atoms with Gasteiger partial charge in [-0.25, -0.2) is 14.4 Å². The predicted molar refractivity (Wildman–Crippen MR) is 135 cm³/mol. The number of nitrogens with one attached hydrogen (secondary N) is 2. The van der Waals surface area contributed by atoms with Crippen LogP contribution in [0, 0.1) is 12.7 Å². The fraction of sp³-hybridized carbons (Fsp3) is 0.346. The number of ketones is 1. The van der Waals surface area contributed by atoms with Gasteiger partial charge in [-0.15, -0.1) is 11.6 Å². The molecule has 0 unspecified atom stereocenters.